The molecule has 0 heterocycles. The average Bonchev–Trinajstić information content (AvgIpc) is 2.18. The van der Waals surface area contributed by atoms with Crippen LogP contribution in [0.15, 0.2) is 23.8 Å². The SMILES string of the molecule is CC1=CC2C(C=CCC2C(C)C)CC1O. The minimum absolute atomic E-state index is 0.207. The first-order chi connectivity index (χ1) is 7.09. The van der Waals surface area contributed by atoms with Crippen molar-refractivity contribution in [3.05, 3.63) is 23.8 Å². The summed E-state index contributed by atoms with van der Waals surface area (Å²) >= 11 is 0. The minimum atomic E-state index is -0.207. The van der Waals surface area contributed by atoms with Crippen molar-refractivity contribution in [3.8, 4) is 0 Å². The standard InChI is InChI=1S/C14H22O/c1-9(2)12-6-4-5-11-8-14(15)10(3)7-13(11)12/h4-5,7,9,11-15H,6,8H2,1-3H3. The molecule has 4 unspecified atom stereocenters. The van der Waals surface area contributed by atoms with E-state index in [4.69, 9.17) is 0 Å². The molecule has 84 valence electrons. The van der Waals surface area contributed by atoms with E-state index >= 15 is 0 Å². The molecular weight excluding hydrogens is 184 g/mol. The maximum absolute atomic E-state index is 9.84. The van der Waals surface area contributed by atoms with E-state index in [1.54, 1.807) is 0 Å². The highest BCUT2D eigenvalue weighted by molar-refractivity contribution is 5.19. The molecule has 0 aromatic rings. The Morgan fingerprint density at radius 2 is 2.13 bits per heavy atom. The van der Waals surface area contributed by atoms with Gasteiger partial charge in [0.2, 0.25) is 0 Å². The second kappa shape index (κ2) is 4.13. The van der Waals surface area contributed by atoms with Gasteiger partial charge in [0.25, 0.3) is 0 Å². The third-order valence-electron chi connectivity index (χ3n) is 4.11. The molecule has 0 aromatic carbocycles. The van der Waals surface area contributed by atoms with Crippen molar-refractivity contribution in [2.45, 2.75) is 39.7 Å². The molecule has 0 fully saturated rings. The van der Waals surface area contributed by atoms with E-state index in [0.717, 1.165) is 18.3 Å². The van der Waals surface area contributed by atoms with Crippen LogP contribution in [0.1, 0.15) is 33.6 Å². The van der Waals surface area contributed by atoms with Gasteiger partial charge in [0, 0.05) is 0 Å². The van der Waals surface area contributed by atoms with Crippen molar-refractivity contribution < 1.29 is 5.11 Å². The van der Waals surface area contributed by atoms with Crippen molar-refractivity contribution in [1.29, 1.82) is 0 Å². The zero-order valence-corrected chi connectivity index (χ0v) is 9.98. The van der Waals surface area contributed by atoms with E-state index in [1.165, 1.54) is 12.0 Å². The fourth-order valence-corrected chi connectivity index (χ4v) is 3.07. The molecule has 2 aliphatic carbocycles. The zero-order valence-electron chi connectivity index (χ0n) is 9.98. The highest BCUT2D eigenvalue weighted by Gasteiger charge is 2.35. The molecule has 0 bridgehead atoms. The van der Waals surface area contributed by atoms with Crippen LogP contribution in [0.3, 0.4) is 0 Å². The molecule has 0 saturated carbocycles. The topological polar surface area (TPSA) is 20.2 Å². The summed E-state index contributed by atoms with van der Waals surface area (Å²) in [5.41, 5.74) is 1.18. The lowest BCUT2D eigenvalue weighted by molar-refractivity contribution is 0.129. The van der Waals surface area contributed by atoms with Crippen molar-refractivity contribution in [2.24, 2.45) is 23.7 Å². The predicted molar refractivity (Wildman–Crippen MR) is 63.4 cm³/mol. The molecule has 2 rings (SSSR count). The molecule has 4 atom stereocenters. The number of rotatable bonds is 1. The van der Waals surface area contributed by atoms with Gasteiger partial charge in [-0.2, -0.15) is 0 Å². The summed E-state index contributed by atoms with van der Waals surface area (Å²) in [5, 5.41) is 9.84. The summed E-state index contributed by atoms with van der Waals surface area (Å²) in [6.07, 6.45) is 8.88. The average molecular weight is 206 g/mol. The Morgan fingerprint density at radius 3 is 2.80 bits per heavy atom. The molecule has 0 aromatic heterocycles. The Balaban J connectivity index is 2.25. The Morgan fingerprint density at radius 1 is 1.40 bits per heavy atom. The quantitative estimate of drug-likeness (QED) is 0.653. The fraction of sp³-hybridized carbons (Fsp3) is 0.714. The molecule has 1 nitrogen and oxygen atoms in total. The first kappa shape index (κ1) is 10.9. The largest absolute Gasteiger partial charge is 0.389 e. The third kappa shape index (κ3) is 2.03. The van der Waals surface area contributed by atoms with Gasteiger partial charge in [-0.15, -0.1) is 0 Å². The van der Waals surface area contributed by atoms with E-state index in [2.05, 4.69) is 39.0 Å². The number of hydrogen-bond donors (Lipinski definition) is 1. The molecule has 1 heteroatoms. The van der Waals surface area contributed by atoms with Gasteiger partial charge in [-0.3, -0.25) is 0 Å². The van der Waals surface area contributed by atoms with Crippen molar-refractivity contribution in [3.63, 3.8) is 0 Å². The van der Waals surface area contributed by atoms with Crippen LogP contribution in [-0.4, -0.2) is 11.2 Å². The highest BCUT2D eigenvalue weighted by Crippen LogP contribution is 2.42. The Hall–Kier alpha value is -0.560. The number of aliphatic hydroxyl groups excluding tert-OH is 1. The van der Waals surface area contributed by atoms with Gasteiger partial charge in [0.1, 0.15) is 0 Å². The normalized spacial score (nSPS) is 40.2. The fourth-order valence-electron chi connectivity index (χ4n) is 3.07. The Labute approximate surface area is 92.9 Å². The van der Waals surface area contributed by atoms with Gasteiger partial charge in [-0.25, -0.2) is 0 Å². The van der Waals surface area contributed by atoms with Crippen LogP contribution in [0.25, 0.3) is 0 Å². The second-order valence-electron chi connectivity index (χ2n) is 5.48. The van der Waals surface area contributed by atoms with Gasteiger partial charge in [-0.1, -0.05) is 32.1 Å². The van der Waals surface area contributed by atoms with Gasteiger partial charge in [-0.05, 0) is 49.0 Å². The van der Waals surface area contributed by atoms with Crippen molar-refractivity contribution in [2.75, 3.05) is 0 Å². The van der Waals surface area contributed by atoms with Gasteiger partial charge >= 0.3 is 0 Å². The zero-order chi connectivity index (χ0) is 11.0. The molecule has 1 N–H and O–H groups in total. The van der Waals surface area contributed by atoms with Crippen molar-refractivity contribution >= 4 is 0 Å². The van der Waals surface area contributed by atoms with E-state index in [9.17, 15) is 5.11 Å². The van der Waals surface area contributed by atoms with Crippen LogP contribution in [0.2, 0.25) is 0 Å². The third-order valence-corrected chi connectivity index (χ3v) is 4.11. The second-order valence-corrected chi connectivity index (χ2v) is 5.48. The lowest BCUT2D eigenvalue weighted by Crippen LogP contribution is -2.34. The monoisotopic (exact) mass is 206 g/mol. The molecule has 0 aliphatic heterocycles. The van der Waals surface area contributed by atoms with Crippen molar-refractivity contribution in [1.82, 2.24) is 0 Å². The minimum Gasteiger partial charge on any atom is -0.389 e. The first-order valence-electron chi connectivity index (χ1n) is 6.12. The number of hydrogen-bond acceptors (Lipinski definition) is 1. The lowest BCUT2D eigenvalue weighted by atomic mass is 9.66. The molecule has 15 heavy (non-hydrogen) atoms. The summed E-state index contributed by atoms with van der Waals surface area (Å²) in [6.45, 7) is 6.70. The summed E-state index contributed by atoms with van der Waals surface area (Å²) < 4.78 is 0. The van der Waals surface area contributed by atoms with E-state index in [0.29, 0.717) is 11.8 Å². The van der Waals surface area contributed by atoms with Crippen LogP contribution in [0, 0.1) is 23.7 Å². The molecule has 2 aliphatic rings. The molecule has 0 radical (unpaired) electrons. The van der Waals surface area contributed by atoms with Gasteiger partial charge in [0.05, 0.1) is 6.10 Å². The maximum Gasteiger partial charge on any atom is 0.0753 e. The van der Waals surface area contributed by atoms with E-state index < -0.39 is 0 Å². The summed E-state index contributed by atoms with van der Waals surface area (Å²) in [5.74, 6) is 2.74. The molecular formula is C14H22O. The van der Waals surface area contributed by atoms with Gasteiger partial charge in [0.15, 0.2) is 0 Å². The molecule has 0 saturated heterocycles. The van der Waals surface area contributed by atoms with Crippen LogP contribution in [-0.2, 0) is 0 Å². The van der Waals surface area contributed by atoms with E-state index in [-0.39, 0.29) is 6.10 Å². The highest BCUT2D eigenvalue weighted by atomic mass is 16.3. The summed E-state index contributed by atoms with van der Waals surface area (Å²) in [4.78, 5) is 0. The van der Waals surface area contributed by atoms with Crippen LogP contribution in [0.4, 0.5) is 0 Å². The first-order valence-corrected chi connectivity index (χ1v) is 6.12. The van der Waals surface area contributed by atoms with Gasteiger partial charge < -0.3 is 5.11 Å². The Bertz CT molecular complexity index is 288. The number of allylic oxidation sites excluding steroid dienone is 3. The van der Waals surface area contributed by atoms with Crippen LogP contribution < -0.4 is 0 Å². The van der Waals surface area contributed by atoms with Crippen LogP contribution >= 0.6 is 0 Å². The number of fused-ring (bicyclic) bond motifs is 1. The molecule has 0 amide bonds. The smallest absolute Gasteiger partial charge is 0.0753 e. The summed E-state index contributed by atoms with van der Waals surface area (Å²) in [7, 11) is 0. The lowest BCUT2D eigenvalue weighted by Gasteiger charge is -2.40. The summed E-state index contributed by atoms with van der Waals surface area (Å²) in [6, 6.07) is 0. The Kier molecular flexibility index (Phi) is 3.01. The predicted octanol–water partition coefficient (Wildman–Crippen LogP) is 3.16. The molecule has 0 spiro atoms. The van der Waals surface area contributed by atoms with E-state index in [1.807, 2.05) is 0 Å². The number of aliphatic hydroxyl groups is 1. The maximum atomic E-state index is 9.84. The van der Waals surface area contributed by atoms with Crippen LogP contribution in [0.5, 0.6) is 0 Å².